The van der Waals surface area contributed by atoms with Crippen molar-refractivity contribution >= 4 is 21.4 Å². The van der Waals surface area contributed by atoms with Crippen LogP contribution >= 0.6 is 0 Å². The van der Waals surface area contributed by atoms with Crippen molar-refractivity contribution < 1.29 is 35.9 Å². The maximum atomic E-state index is 13.2. The quantitative estimate of drug-likeness (QED) is 0.560. The molecule has 11 heteroatoms. The van der Waals surface area contributed by atoms with Crippen molar-refractivity contribution in [3.8, 4) is 6.07 Å². The summed E-state index contributed by atoms with van der Waals surface area (Å²) in [5.41, 5.74) is -4.99. The third-order valence-electron chi connectivity index (χ3n) is 3.84. The minimum atomic E-state index is -4.92. The van der Waals surface area contributed by atoms with Crippen molar-refractivity contribution in [1.82, 2.24) is 0 Å². The number of carbonyl (C=O) groups excluding carboxylic acids is 1. The third-order valence-corrected chi connectivity index (χ3v) is 5.77. The van der Waals surface area contributed by atoms with Crippen molar-refractivity contribution in [2.24, 2.45) is 0 Å². The molecule has 0 aromatic heterocycles. The number of rotatable bonds is 5. The van der Waals surface area contributed by atoms with Gasteiger partial charge in [0.1, 0.15) is 5.82 Å². The zero-order valence-corrected chi connectivity index (χ0v) is 15.6. The summed E-state index contributed by atoms with van der Waals surface area (Å²) >= 11 is 0. The second-order valence-corrected chi connectivity index (χ2v) is 8.30. The first-order valence-corrected chi connectivity index (χ1v) is 9.55. The second-order valence-electron chi connectivity index (χ2n) is 6.31. The Morgan fingerprint density at radius 1 is 1.17 bits per heavy atom. The molecule has 1 unspecified atom stereocenters. The summed E-state index contributed by atoms with van der Waals surface area (Å²) in [4.78, 5) is 11.9. The highest BCUT2D eigenvalue weighted by Crippen LogP contribution is 2.36. The van der Waals surface area contributed by atoms with E-state index in [1.54, 1.807) is 0 Å². The molecule has 0 spiro atoms. The monoisotopic (exact) mass is 430 g/mol. The van der Waals surface area contributed by atoms with Gasteiger partial charge >= 0.3 is 6.18 Å². The predicted molar refractivity (Wildman–Crippen MR) is 93.9 cm³/mol. The number of sulfone groups is 1. The van der Waals surface area contributed by atoms with Gasteiger partial charge in [-0.15, -0.1) is 0 Å². The number of aliphatic hydroxyl groups is 1. The van der Waals surface area contributed by atoms with E-state index in [1.165, 1.54) is 6.07 Å². The summed E-state index contributed by atoms with van der Waals surface area (Å²) in [6, 6.07) is 7.50. The zero-order valence-electron chi connectivity index (χ0n) is 14.8. The Morgan fingerprint density at radius 2 is 1.76 bits per heavy atom. The molecule has 0 saturated heterocycles. The van der Waals surface area contributed by atoms with Crippen LogP contribution in [0.3, 0.4) is 0 Å². The van der Waals surface area contributed by atoms with E-state index in [1.807, 2.05) is 5.32 Å². The van der Waals surface area contributed by atoms with Gasteiger partial charge in [0, 0.05) is 0 Å². The molecular formula is C18H14F4N2O4S. The molecular weight excluding hydrogens is 416 g/mol. The van der Waals surface area contributed by atoms with Gasteiger partial charge in [0.05, 0.1) is 33.5 Å². The molecule has 0 aliphatic heterocycles. The Kier molecular flexibility index (Phi) is 6.01. The Balaban J connectivity index is 2.30. The van der Waals surface area contributed by atoms with Gasteiger partial charge in [-0.25, -0.2) is 12.8 Å². The molecule has 154 valence electrons. The summed E-state index contributed by atoms with van der Waals surface area (Å²) < 4.78 is 77.2. The lowest BCUT2D eigenvalue weighted by atomic mass is 10.1. The van der Waals surface area contributed by atoms with Gasteiger partial charge in [-0.2, -0.15) is 18.4 Å². The molecule has 6 nitrogen and oxygen atoms in total. The van der Waals surface area contributed by atoms with Crippen LogP contribution in [-0.4, -0.2) is 30.8 Å². The molecule has 0 saturated carbocycles. The summed E-state index contributed by atoms with van der Waals surface area (Å²) in [6.07, 6.45) is -4.92. The molecule has 0 aliphatic carbocycles. The predicted octanol–water partition coefficient (Wildman–Crippen LogP) is 2.88. The van der Waals surface area contributed by atoms with E-state index < -0.39 is 50.3 Å². The highest BCUT2D eigenvalue weighted by molar-refractivity contribution is 7.91. The van der Waals surface area contributed by atoms with Gasteiger partial charge in [0.2, 0.25) is 0 Å². The molecule has 0 heterocycles. The topological polar surface area (TPSA) is 107 Å². The van der Waals surface area contributed by atoms with Gasteiger partial charge in [-0.05, 0) is 49.4 Å². The average molecular weight is 430 g/mol. The van der Waals surface area contributed by atoms with Crippen LogP contribution in [0.4, 0.5) is 23.2 Å². The fourth-order valence-electron chi connectivity index (χ4n) is 2.38. The highest BCUT2D eigenvalue weighted by atomic mass is 32.2. The number of benzene rings is 2. The van der Waals surface area contributed by atoms with Gasteiger partial charge < -0.3 is 10.4 Å². The molecule has 1 amide bonds. The van der Waals surface area contributed by atoms with Crippen molar-refractivity contribution in [2.75, 3.05) is 11.1 Å². The maximum Gasteiger partial charge on any atom is 0.418 e. The molecule has 2 aromatic rings. The van der Waals surface area contributed by atoms with Crippen LogP contribution in [0.15, 0.2) is 47.4 Å². The lowest BCUT2D eigenvalue weighted by Gasteiger charge is -2.23. The van der Waals surface area contributed by atoms with E-state index in [0.717, 1.165) is 43.3 Å². The Hall–Kier alpha value is -2.97. The Labute approximate surface area is 163 Å². The molecule has 29 heavy (non-hydrogen) atoms. The van der Waals surface area contributed by atoms with Crippen molar-refractivity contribution in [2.45, 2.75) is 23.6 Å². The number of nitrogens with one attached hydrogen (secondary N) is 1. The number of halogens is 4. The van der Waals surface area contributed by atoms with E-state index >= 15 is 0 Å². The first kappa shape index (κ1) is 22.3. The molecule has 2 N–H and O–H groups in total. The van der Waals surface area contributed by atoms with Crippen molar-refractivity contribution in [3.05, 3.63) is 59.4 Å². The molecule has 1 atom stereocenters. The summed E-state index contributed by atoms with van der Waals surface area (Å²) in [6.45, 7) is 0.820. The van der Waals surface area contributed by atoms with Crippen LogP contribution in [0.25, 0.3) is 0 Å². The Bertz CT molecular complexity index is 1070. The van der Waals surface area contributed by atoms with E-state index in [0.29, 0.717) is 6.07 Å². The number of nitriles is 1. The second kappa shape index (κ2) is 7.81. The molecule has 0 radical (unpaired) electrons. The summed E-state index contributed by atoms with van der Waals surface area (Å²) in [5, 5.41) is 20.9. The van der Waals surface area contributed by atoms with Gasteiger partial charge in [-0.1, -0.05) is 0 Å². The van der Waals surface area contributed by atoms with Gasteiger partial charge in [0.25, 0.3) is 5.91 Å². The number of nitrogens with zero attached hydrogens (tertiary/aromatic N) is 1. The summed E-state index contributed by atoms with van der Waals surface area (Å²) in [5.74, 6) is -3.26. The van der Waals surface area contributed by atoms with E-state index in [4.69, 9.17) is 5.26 Å². The minimum Gasteiger partial charge on any atom is -0.379 e. The lowest BCUT2D eigenvalue weighted by Crippen LogP contribution is -2.46. The number of amides is 1. The third kappa shape index (κ3) is 5.30. The number of carbonyl (C=O) groups is 1. The van der Waals surface area contributed by atoms with E-state index in [-0.39, 0.29) is 10.5 Å². The lowest BCUT2D eigenvalue weighted by molar-refractivity contribution is -0.137. The largest absolute Gasteiger partial charge is 0.418 e. The van der Waals surface area contributed by atoms with Gasteiger partial charge in [0.15, 0.2) is 15.4 Å². The molecule has 0 bridgehead atoms. The fourth-order valence-corrected chi connectivity index (χ4v) is 3.96. The highest BCUT2D eigenvalue weighted by Gasteiger charge is 2.39. The first-order valence-electron chi connectivity index (χ1n) is 7.90. The summed E-state index contributed by atoms with van der Waals surface area (Å²) in [7, 11) is -4.26. The number of alkyl halides is 3. The number of anilines is 1. The van der Waals surface area contributed by atoms with Crippen LogP contribution < -0.4 is 5.32 Å². The average Bonchev–Trinajstić information content (AvgIpc) is 2.60. The van der Waals surface area contributed by atoms with Crippen LogP contribution in [0.5, 0.6) is 0 Å². The molecule has 0 aliphatic rings. The van der Waals surface area contributed by atoms with Gasteiger partial charge in [-0.3, -0.25) is 4.79 Å². The maximum absolute atomic E-state index is 13.2. The van der Waals surface area contributed by atoms with Crippen LogP contribution in [0.2, 0.25) is 0 Å². The number of hydrogen-bond donors (Lipinski definition) is 2. The minimum absolute atomic E-state index is 0.305. The first-order chi connectivity index (χ1) is 13.3. The molecule has 2 rings (SSSR count). The smallest absolute Gasteiger partial charge is 0.379 e. The normalized spacial score (nSPS) is 14.0. The molecule has 2 aromatic carbocycles. The van der Waals surface area contributed by atoms with E-state index in [9.17, 15) is 35.9 Å². The molecule has 0 fully saturated rings. The van der Waals surface area contributed by atoms with Crippen LogP contribution in [0, 0.1) is 17.1 Å². The zero-order chi connectivity index (χ0) is 22.0. The van der Waals surface area contributed by atoms with Crippen LogP contribution in [0.1, 0.15) is 18.1 Å². The van der Waals surface area contributed by atoms with Crippen molar-refractivity contribution in [3.63, 3.8) is 0 Å². The SMILES string of the molecule is CC(O)(CS(=O)(=O)c1ccc(F)cc1)C(=O)Nc1ccc(C#N)cc1C(F)(F)F. The standard InChI is InChI=1S/C18H14F4N2O4S/c1-17(26,10-29(27,28)13-5-3-12(19)4-6-13)16(25)24-15-7-2-11(9-23)8-14(15)18(20,21)22/h2-8,26H,10H2,1H3,(H,24,25). The Morgan fingerprint density at radius 3 is 2.28 bits per heavy atom. The number of hydrogen-bond acceptors (Lipinski definition) is 5. The van der Waals surface area contributed by atoms with E-state index in [2.05, 4.69) is 0 Å². The fraction of sp³-hybridized carbons (Fsp3) is 0.222. The van der Waals surface area contributed by atoms with Crippen molar-refractivity contribution in [1.29, 1.82) is 5.26 Å². The van der Waals surface area contributed by atoms with Crippen LogP contribution in [-0.2, 0) is 20.8 Å².